The van der Waals surface area contributed by atoms with E-state index in [1.807, 2.05) is 44.2 Å². The van der Waals surface area contributed by atoms with Gasteiger partial charge in [0.05, 0.1) is 18.1 Å². The first-order chi connectivity index (χ1) is 13.5. The summed E-state index contributed by atoms with van der Waals surface area (Å²) in [7, 11) is 0. The number of hydrogen-bond donors (Lipinski definition) is 2. The molecule has 6 heteroatoms. The fourth-order valence-corrected chi connectivity index (χ4v) is 4.26. The zero-order valence-corrected chi connectivity index (χ0v) is 16.1. The highest BCUT2D eigenvalue weighted by molar-refractivity contribution is 7.15. The van der Waals surface area contributed by atoms with Crippen molar-refractivity contribution >= 4 is 28.2 Å². The molecule has 0 unspecified atom stereocenters. The normalized spacial score (nSPS) is 10.9. The molecular weight excluding hydrogens is 374 g/mol. The minimum atomic E-state index is -1.08. The van der Waals surface area contributed by atoms with Crippen LogP contribution in [0.1, 0.15) is 31.8 Å². The third-order valence-corrected chi connectivity index (χ3v) is 5.58. The second kappa shape index (κ2) is 6.98. The molecule has 0 atom stereocenters. The van der Waals surface area contributed by atoms with Crippen molar-refractivity contribution in [2.24, 2.45) is 0 Å². The Balaban J connectivity index is 1.72. The fraction of sp³-hybridized carbons (Fsp3) is 0.0909. The minimum Gasteiger partial charge on any atom is -0.478 e. The van der Waals surface area contributed by atoms with Gasteiger partial charge >= 0.3 is 5.97 Å². The van der Waals surface area contributed by atoms with Gasteiger partial charge in [0, 0.05) is 16.5 Å². The number of carbonyl (C=O) groups excluding carboxylic acids is 1. The average Bonchev–Trinajstić information content (AvgIpc) is 3.22. The maximum absolute atomic E-state index is 12.9. The minimum absolute atomic E-state index is 0.0976. The molecule has 0 radical (unpaired) electrons. The third kappa shape index (κ3) is 3.08. The Kier molecular flexibility index (Phi) is 4.49. The molecule has 140 valence electrons. The van der Waals surface area contributed by atoms with Gasteiger partial charge in [-0.25, -0.2) is 4.79 Å². The number of fused-ring (bicyclic) bond motifs is 1. The number of aromatic carboxylic acids is 1. The highest BCUT2D eigenvalue weighted by atomic mass is 32.1. The van der Waals surface area contributed by atoms with E-state index in [4.69, 9.17) is 4.42 Å². The topological polar surface area (TPSA) is 79.5 Å². The predicted molar refractivity (Wildman–Crippen MR) is 109 cm³/mol. The Morgan fingerprint density at radius 2 is 1.75 bits per heavy atom. The first-order valence-electron chi connectivity index (χ1n) is 8.64. The lowest BCUT2D eigenvalue weighted by molar-refractivity contribution is 0.0699. The van der Waals surface area contributed by atoms with Crippen molar-refractivity contribution in [3.63, 3.8) is 0 Å². The van der Waals surface area contributed by atoms with Gasteiger partial charge in [-0.05, 0) is 36.6 Å². The van der Waals surface area contributed by atoms with Gasteiger partial charge in [-0.15, -0.1) is 11.3 Å². The van der Waals surface area contributed by atoms with Crippen LogP contribution in [-0.2, 0) is 0 Å². The van der Waals surface area contributed by atoms with Crippen molar-refractivity contribution in [1.82, 2.24) is 0 Å². The number of thiophene rings is 1. The summed E-state index contributed by atoms with van der Waals surface area (Å²) in [6, 6.07) is 11.3. The first kappa shape index (κ1) is 18.0. The Morgan fingerprint density at radius 1 is 1.00 bits per heavy atom. The second-order valence-electron chi connectivity index (χ2n) is 6.61. The number of benzene rings is 1. The largest absolute Gasteiger partial charge is 0.478 e. The summed E-state index contributed by atoms with van der Waals surface area (Å²) in [5.41, 5.74) is 5.47. The summed E-state index contributed by atoms with van der Waals surface area (Å²) < 4.78 is 5.21. The summed E-state index contributed by atoms with van der Waals surface area (Å²) in [6.07, 6.45) is 3.08. The van der Waals surface area contributed by atoms with Gasteiger partial charge < -0.3 is 14.8 Å². The number of amides is 1. The molecule has 2 N–H and O–H groups in total. The van der Waals surface area contributed by atoms with Crippen LogP contribution in [0.15, 0.2) is 58.7 Å². The van der Waals surface area contributed by atoms with Gasteiger partial charge in [-0.2, -0.15) is 0 Å². The maximum Gasteiger partial charge on any atom is 0.339 e. The number of carboxylic acid groups (broad SMARTS) is 1. The molecule has 4 rings (SSSR count). The zero-order valence-electron chi connectivity index (χ0n) is 15.3. The number of carboxylic acids is 1. The van der Waals surface area contributed by atoms with E-state index in [1.165, 1.54) is 17.6 Å². The van der Waals surface area contributed by atoms with Gasteiger partial charge in [0.15, 0.2) is 0 Å². The number of carbonyl (C=O) groups is 2. The third-order valence-electron chi connectivity index (χ3n) is 4.68. The van der Waals surface area contributed by atoms with Crippen LogP contribution in [0.5, 0.6) is 0 Å². The first-order valence-corrected chi connectivity index (χ1v) is 9.52. The fourth-order valence-electron chi connectivity index (χ4n) is 3.30. The van der Waals surface area contributed by atoms with Crippen LogP contribution >= 0.6 is 11.3 Å². The van der Waals surface area contributed by atoms with Crippen molar-refractivity contribution in [2.45, 2.75) is 13.8 Å². The molecule has 5 nitrogen and oxygen atoms in total. The summed E-state index contributed by atoms with van der Waals surface area (Å²) in [5.74, 6) is -1.43. The standard InChI is InChI=1S/C22H17NO4S/c1-12-3-5-14(6-4-12)17-11-28-21(19(17)22(25)26)23-20(24)18-13(2)9-15-7-8-27-10-16(15)18/h3-11H,1-2H3,(H,23,24)(H,25,26). The smallest absolute Gasteiger partial charge is 0.339 e. The second-order valence-corrected chi connectivity index (χ2v) is 7.49. The van der Waals surface area contributed by atoms with Crippen molar-refractivity contribution in [2.75, 3.05) is 5.32 Å². The lowest BCUT2D eigenvalue weighted by atomic mass is 10.0. The number of hydrogen-bond acceptors (Lipinski definition) is 4. The number of anilines is 1. The molecule has 0 spiro atoms. The summed E-state index contributed by atoms with van der Waals surface area (Å²) in [5, 5.41) is 14.6. The Bertz CT molecular complexity index is 1150. The monoisotopic (exact) mass is 391 g/mol. The molecule has 1 aromatic carbocycles. The van der Waals surface area contributed by atoms with E-state index in [9.17, 15) is 14.7 Å². The molecule has 2 aliphatic rings. The summed E-state index contributed by atoms with van der Waals surface area (Å²) in [6.45, 7) is 3.82. The van der Waals surface area contributed by atoms with Crippen LogP contribution in [-0.4, -0.2) is 17.0 Å². The molecular formula is C22H17NO4S. The van der Waals surface area contributed by atoms with Crippen molar-refractivity contribution < 1.29 is 19.1 Å². The van der Waals surface area contributed by atoms with Gasteiger partial charge in [-0.1, -0.05) is 35.9 Å². The summed E-state index contributed by atoms with van der Waals surface area (Å²) in [4.78, 5) is 24.9. The molecule has 0 fully saturated rings. The van der Waals surface area contributed by atoms with E-state index in [0.29, 0.717) is 21.7 Å². The Labute approximate surface area is 165 Å². The number of aryl methyl sites for hydroxylation is 2. The molecule has 0 saturated carbocycles. The SMILES string of the molecule is Cc1ccc(-c2csc(NC(=O)c3c(C)cc4ccocc3-4)c2C(=O)O)cc1. The van der Waals surface area contributed by atoms with Crippen LogP contribution < -0.4 is 5.32 Å². The van der Waals surface area contributed by atoms with Crippen molar-refractivity contribution in [3.8, 4) is 22.3 Å². The Morgan fingerprint density at radius 3 is 2.46 bits per heavy atom. The van der Waals surface area contributed by atoms with Gasteiger partial charge in [0.2, 0.25) is 0 Å². The van der Waals surface area contributed by atoms with Crippen LogP contribution in [0.25, 0.3) is 22.3 Å². The number of rotatable bonds is 4. The van der Waals surface area contributed by atoms with Crippen LogP contribution in [0.2, 0.25) is 0 Å². The molecule has 1 aliphatic heterocycles. The quantitative estimate of drug-likeness (QED) is 0.469. The molecule has 2 heterocycles. The van der Waals surface area contributed by atoms with Crippen LogP contribution in [0.4, 0.5) is 5.00 Å². The highest BCUT2D eigenvalue weighted by Gasteiger charge is 2.25. The number of nitrogens with one attached hydrogen (secondary N) is 1. The maximum atomic E-state index is 12.9. The molecule has 2 aromatic rings. The summed E-state index contributed by atoms with van der Waals surface area (Å²) >= 11 is 1.20. The zero-order chi connectivity index (χ0) is 19.8. The van der Waals surface area contributed by atoms with Gasteiger partial charge in [0.1, 0.15) is 10.6 Å². The van der Waals surface area contributed by atoms with E-state index in [0.717, 1.165) is 22.3 Å². The molecule has 1 aromatic heterocycles. The van der Waals surface area contributed by atoms with Gasteiger partial charge in [-0.3, -0.25) is 4.79 Å². The van der Waals surface area contributed by atoms with E-state index >= 15 is 0 Å². The predicted octanol–water partition coefficient (Wildman–Crippen LogP) is 5.68. The van der Waals surface area contributed by atoms with Crippen molar-refractivity contribution in [3.05, 3.63) is 76.6 Å². The van der Waals surface area contributed by atoms with E-state index in [-0.39, 0.29) is 11.5 Å². The molecule has 1 aliphatic carbocycles. The lowest BCUT2D eigenvalue weighted by Crippen LogP contribution is -2.14. The van der Waals surface area contributed by atoms with E-state index in [1.54, 1.807) is 17.7 Å². The van der Waals surface area contributed by atoms with Crippen molar-refractivity contribution in [1.29, 1.82) is 0 Å². The Hall–Kier alpha value is -3.38. The molecule has 0 saturated heterocycles. The lowest BCUT2D eigenvalue weighted by Gasteiger charge is -2.08. The average molecular weight is 391 g/mol. The molecule has 28 heavy (non-hydrogen) atoms. The van der Waals surface area contributed by atoms with E-state index < -0.39 is 5.97 Å². The highest BCUT2D eigenvalue weighted by Crippen LogP contribution is 2.37. The van der Waals surface area contributed by atoms with Crippen LogP contribution in [0, 0.1) is 13.8 Å². The molecule has 1 amide bonds. The molecule has 0 bridgehead atoms. The van der Waals surface area contributed by atoms with E-state index in [2.05, 4.69) is 5.32 Å². The van der Waals surface area contributed by atoms with Crippen LogP contribution in [0.3, 0.4) is 0 Å². The van der Waals surface area contributed by atoms with Gasteiger partial charge in [0.25, 0.3) is 5.91 Å².